The summed E-state index contributed by atoms with van der Waals surface area (Å²) in [5.74, 6) is 0.755. The summed E-state index contributed by atoms with van der Waals surface area (Å²) >= 11 is 0. The predicted molar refractivity (Wildman–Crippen MR) is 132 cm³/mol. The Hall–Kier alpha value is -3.44. The van der Waals surface area contributed by atoms with Crippen LogP contribution in [-0.4, -0.2) is 33.3 Å². The number of hydrogen-bond donors (Lipinski definition) is 3. The number of benzene rings is 1. The zero-order valence-corrected chi connectivity index (χ0v) is 18.5. The summed E-state index contributed by atoms with van der Waals surface area (Å²) in [5, 5.41) is 14.1. The average molecular weight is 424 g/mol. The van der Waals surface area contributed by atoms with Crippen LogP contribution in [-0.2, 0) is 6.42 Å². The summed E-state index contributed by atoms with van der Waals surface area (Å²) in [5.41, 5.74) is 6.58. The zero-order chi connectivity index (χ0) is 21.9. The van der Waals surface area contributed by atoms with Gasteiger partial charge in [0.2, 0.25) is 0 Å². The van der Waals surface area contributed by atoms with Gasteiger partial charge in [0.1, 0.15) is 5.69 Å². The summed E-state index contributed by atoms with van der Waals surface area (Å²) in [4.78, 5) is 7.93. The molecule has 0 unspecified atom stereocenters. The molecule has 32 heavy (non-hydrogen) atoms. The average Bonchev–Trinajstić information content (AvgIpc) is 3.41. The number of aromatic amines is 2. The van der Waals surface area contributed by atoms with Gasteiger partial charge in [-0.05, 0) is 86.2 Å². The molecular weight excluding hydrogens is 394 g/mol. The molecule has 3 N–H and O–H groups in total. The Morgan fingerprint density at radius 1 is 1.16 bits per heavy atom. The Morgan fingerprint density at radius 3 is 2.84 bits per heavy atom. The van der Waals surface area contributed by atoms with E-state index in [1.54, 1.807) is 0 Å². The number of H-pyrrole nitrogens is 2. The van der Waals surface area contributed by atoms with Gasteiger partial charge in [0.25, 0.3) is 0 Å². The van der Waals surface area contributed by atoms with Gasteiger partial charge in [0.15, 0.2) is 0 Å². The van der Waals surface area contributed by atoms with E-state index in [0.29, 0.717) is 0 Å². The predicted octanol–water partition coefficient (Wildman–Crippen LogP) is 3.79. The topological polar surface area (TPSA) is 69.4 Å². The summed E-state index contributed by atoms with van der Waals surface area (Å²) in [6.45, 7) is 8.65. The summed E-state index contributed by atoms with van der Waals surface area (Å²) in [6, 6.07) is 12.6. The van der Waals surface area contributed by atoms with Gasteiger partial charge in [-0.15, -0.1) is 0 Å². The van der Waals surface area contributed by atoms with Crippen LogP contribution in [0, 0.1) is 5.92 Å². The van der Waals surface area contributed by atoms with Gasteiger partial charge in [-0.3, -0.25) is 10.1 Å². The highest BCUT2D eigenvalue weighted by atomic mass is 15.1. The number of para-hydroxylation sites is 1. The molecule has 1 aromatic carbocycles. The number of hydrogen-bond acceptors (Lipinski definition) is 3. The van der Waals surface area contributed by atoms with Crippen LogP contribution in [0.4, 0.5) is 0 Å². The van der Waals surface area contributed by atoms with Crippen LogP contribution >= 0.6 is 0 Å². The fourth-order valence-electron chi connectivity index (χ4n) is 4.48. The third-order valence-corrected chi connectivity index (χ3v) is 6.42. The lowest BCUT2D eigenvalue weighted by atomic mass is 9.91. The molecule has 3 aromatic heterocycles. The number of nitrogens with zero attached hydrogens (tertiary/aromatic N) is 2. The van der Waals surface area contributed by atoms with Gasteiger partial charge in [-0.2, -0.15) is 5.10 Å². The molecule has 0 saturated carbocycles. The Morgan fingerprint density at radius 2 is 2.00 bits per heavy atom. The van der Waals surface area contributed by atoms with E-state index in [1.807, 2.05) is 24.5 Å². The van der Waals surface area contributed by atoms with Crippen LogP contribution < -0.4 is 15.9 Å². The molecule has 5 heteroatoms. The lowest BCUT2D eigenvalue weighted by Crippen LogP contribution is -2.28. The van der Waals surface area contributed by atoms with Crippen molar-refractivity contribution < 1.29 is 0 Å². The molecule has 1 saturated heterocycles. The number of rotatable bonds is 5. The van der Waals surface area contributed by atoms with Gasteiger partial charge in [-0.25, -0.2) is 0 Å². The first-order valence-electron chi connectivity index (χ1n) is 11.3. The molecule has 0 radical (unpaired) electrons. The van der Waals surface area contributed by atoms with Crippen molar-refractivity contribution in [1.29, 1.82) is 0 Å². The second-order valence-electron chi connectivity index (χ2n) is 8.73. The second-order valence-corrected chi connectivity index (χ2v) is 8.73. The maximum absolute atomic E-state index is 4.51. The van der Waals surface area contributed by atoms with E-state index in [1.165, 1.54) is 29.4 Å². The van der Waals surface area contributed by atoms with E-state index in [9.17, 15) is 0 Å². The third-order valence-electron chi connectivity index (χ3n) is 6.42. The zero-order valence-electron chi connectivity index (χ0n) is 18.5. The van der Waals surface area contributed by atoms with Gasteiger partial charge in [-0.1, -0.05) is 30.9 Å². The minimum Gasteiger partial charge on any atom is -0.353 e. The molecule has 4 aromatic rings. The number of allylic oxidation sites excluding steroid dienone is 2. The van der Waals surface area contributed by atoms with E-state index in [2.05, 4.69) is 75.4 Å². The number of aromatic nitrogens is 4. The maximum atomic E-state index is 4.51. The van der Waals surface area contributed by atoms with Gasteiger partial charge < -0.3 is 10.3 Å². The molecule has 5 rings (SSSR count). The Kier molecular flexibility index (Phi) is 5.73. The van der Waals surface area contributed by atoms with Gasteiger partial charge in [0.05, 0.1) is 11.0 Å². The highest BCUT2D eigenvalue weighted by Gasteiger charge is 2.14. The van der Waals surface area contributed by atoms with Crippen molar-refractivity contribution >= 4 is 29.1 Å². The van der Waals surface area contributed by atoms with Crippen LogP contribution in [0.2, 0.25) is 0 Å². The standard InChI is InChI=1S/C27H29N5/c1-18(23-14-21(16-29-17-23)13-20-9-11-28-12-10-20)7-8-24-19(2)27(32-31-24)26-15-22-5-3-4-6-25(22)30-26/h3-8,14-17,20,28,30-31H,2,9-13H2,1H3/b18-7+,24-8+. The maximum Gasteiger partial charge on any atom is 0.116 e. The van der Waals surface area contributed by atoms with Crippen LogP contribution in [0.5, 0.6) is 0 Å². The second kappa shape index (κ2) is 8.97. The first kappa shape index (κ1) is 20.5. The van der Waals surface area contributed by atoms with Gasteiger partial charge >= 0.3 is 0 Å². The van der Waals surface area contributed by atoms with Crippen molar-refractivity contribution in [2.75, 3.05) is 13.1 Å². The fraction of sp³-hybridized carbons (Fsp3) is 0.259. The summed E-state index contributed by atoms with van der Waals surface area (Å²) < 4.78 is 0. The molecule has 1 aliphatic heterocycles. The molecule has 0 spiro atoms. The molecule has 1 aliphatic rings. The van der Waals surface area contributed by atoms with E-state index in [4.69, 9.17) is 0 Å². The molecule has 0 atom stereocenters. The molecule has 0 amide bonds. The molecule has 5 nitrogen and oxygen atoms in total. The highest BCUT2D eigenvalue weighted by Crippen LogP contribution is 2.21. The molecule has 1 fully saturated rings. The Balaban J connectivity index is 1.38. The van der Waals surface area contributed by atoms with E-state index in [0.717, 1.165) is 58.5 Å². The first-order valence-corrected chi connectivity index (χ1v) is 11.3. The van der Waals surface area contributed by atoms with E-state index < -0.39 is 0 Å². The van der Waals surface area contributed by atoms with Crippen LogP contribution in [0.15, 0.2) is 54.9 Å². The van der Waals surface area contributed by atoms with E-state index >= 15 is 0 Å². The Labute approximate surface area is 188 Å². The minimum absolute atomic E-state index is 0.755. The molecule has 0 aliphatic carbocycles. The van der Waals surface area contributed by atoms with Crippen molar-refractivity contribution in [1.82, 2.24) is 25.5 Å². The largest absolute Gasteiger partial charge is 0.353 e. The summed E-state index contributed by atoms with van der Waals surface area (Å²) in [6.07, 6.45) is 11.7. The van der Waals surface area contributed by atoms with Gasteiger partial charge in [0, 0.05) is 28.5 Å². The van der Waals surface area contributed by atoms with Crippen LogP contribution in [0.25, 0.3) is 40.5 Å². The Bertz CT molecular complexity index is 1340. The fourth-order valence-corrected chi connectivity index (χ4v) is 4.48. The number of fused-ring (bicyclic) bond motifs is 1. The SMILES string of the molecule is C=c1c(-c2cc3ccccc3[nH]2)n[nH]/c1=C/C=C(\C)c1cncc(CC2CCNCC2)c1. The van der Waals surface area contributed by atoms with Crippen molar-refractivity contribution in [3.63, 3.8) is 0 Å². The third kappa shape index (κ3) is 4.30. The quantitative estimate of drug-likeness (QED) is 0.457. The van der Waals surface area contributed by atoms with Crippen LogP contribution in [0.3, 0.4) is 0 Å². The monoisotopic (exact) mass is 423 g/mol. The lowest BCUT2D eigenvalue weighted by Gasteiger charge is -2.22. The number of piperidine rings is 1. The number of pyridine rings is 1. The molecule has 162 valence electrons. The van der Waals surface area contributed by atoms with Crippen molar-refractivity contribution in [2.45, 2.75) is 26.2 Å². The smallest absolute Gasteiger partial charge is 0.116 e. The van der Waals surface area contributed by atoms with Crippen molar-refractivity contribution in [3.8, 4) is 11.4 Å². The molecule has 0 bridgehead atoms. The minimum atomic E-state index is 0.755. The van der Waals surface area contributed by atoms with Crippen molar-refractivity contribution in [3.05, 3.63) is 76.6 Å². The first-order chi connectivity index (χ1) is 15.7. The van der Waals surface area contributed by atoms with Crippen molar-refractivity contribution in [2.24, 2.45) is 5.92 Å². The van der Waals surface area contributed by atoms with Crippen LogP contribution in [0.1, 0.15) is 30.9 Å². The number of nitrogens with one attached hydrogen (secondary N) is 3. The molecular formula is C27H29N5. The normalized spacial score (nSPS) is 16.2. The van der Waals surface area contributed by atoms with E-state index in [-0.39, 0.29) is 0 Å². The molecule has 4 heterocycles. The summed E-state index contributed by atoms with van der Waals surface area (Å²) in [7, 11) is 0. The highest BCUT2D eigenvalue weighted by molar-refractivity contribution is 5.85. The lowest BCUT2D eigenvalue weighted by molar-refractivity contribution is 0.372.